The van der Waals surface area contributed by atoms with Crippen LogP contribution in [0, 0.1) is 46.3 Å². The van der Waals surface area contributed by atoms with Gasteiger partial charge in [-0.25, -0.2) is 0 Å². The zero-order valence-electron chi connectivity index (χ0n) is 18.3. The van der Waals surface area contributed by atoms with Crippen molar-refractivity contribution in [2.45, 2.75) is 96.9 Å². The molecule has 5 heteroatoms. The van der Waals surface area contributed by atoms with Gasteiger partial charge in [0, 0.05) is 6.42 Å². The Labute approximate surface area is 174 Å². The van der Waals surface area contributed by atoms with E-state index in [1.54, 1.807) is 0 Å². The molecule has 4 aliphatic rings. The fraction of sp³-hybridized carbons (Fsp3) is 0.958. The molecule has 0 aromatic heterocycles. The highest BCUT2D eigenvalue weighted by Crippen LogP contribution is 2.68. The van der Waals surface area contributed by atoms with Crippen molar-refractivity contribution in [2.75, 3.05) is 0 Å². The van der Waals surface area contributed by atoms with E-state index < -0.39 is 12.1 Å². The van der Waals surface area contributed by atoms with Crippen molar-refractivity contribution < 1.29 is 25.2 Å². The second kappa shape index (κ2) is 7.49. The van der Waals surface area contributed by atoms with Gasteiger partial charge in [-0.05, 0) is 97.7 Å². The maximum Gasteiger partial charge on any atom is 0.303 e. The fourth-order valence-corrected chi connectivity index (χ4v) is 8.68. The highest BCUT2D eigenvalue weighted by atomic mass is 16.4. The van der Waals surface area contributed by atoms with E-state index in [0.717, 1.165) is 44.9 Å². The lowest BCUT2D eigenvalue weighted by Crippen LogP contribution is -2.62. The van der Waals surface area contributed by atoms with E-state index in [9.17, 15) is 20.1 Å². The normalized spacial score (nSPS) is 52.9. The SMILES string of the molecule is C[C@@H](CCC(=O)O)[C@H]1CC[C@H]2[C@@H]3[C@H](O)C[C@H]4C[C@@H](O)CC[C@]4(C)[C@H]3C[C@@H](O)[C@]12C. The molecule has 166 valence electrons. The Kier molecular flexibility index (Phi) is 5.57. The molecular weight excluding hydrogens is 368 g/mol. The van der Waals surface area contributed by atoms with Crippen LogP contribution in [0.2, 0.25) is 0 Å². The number of aliphatic hydroxyl groups is 3. The Balaban J connectivity index is 1.61. The minimum atomic E-state index is -0.748. The van der Waals surface area contributed by atoms with Crippen molar-refractivity contribution in [3.8, 4) is 0 Å². The monoisotopic (exact) mass is 408 g/mol. The van der Waals surface area contributed by atoms with Crippen LogP contribution in [0.15, 0.2) is 0 Å². The first-order chi connectivity index (χ1) is 13.6. The third-order valence-corrected chi connectivity index (χ3v) is 10.3. The van der Waals surface area contributed by atoms with E-state index in [-0.39, 0.29) is 41.3 Å². The molecule has 4 fully saturated rings. The smallest absolute Gasteiger partial charge is 0.303 e. The average molecular weight is 409 g/mol. The number of aliphatic carboxylic acids is 1. The van der Waals surface area contributed by atoms with Crippen LogP contribution >= 0.6 is 0 Å². The first-order valence-corrected chi connectivity index (χ1v) is 11.8. The molecule has 4 N–H and O–H groups in total. The summed E-state index contributed by atoms with van der Waals surface area (Å²) >= 11 is 0. The highest BCUT2D eigenvalue weighted by molar-refractivity contribution is 5.66. The van der Waals surface area contributed by atoms with E-state index in [2.05, 4.69) is 20.8 Å². The van der Waals surface area contributed by atoms with Gasteiger partial charge in [0.2, 0.25) is 0 Å². The summed E-state index contributed by atoms with van der Waals surface area (Å²) in [5.41, 5.74) is -0.143. The number of rotatable bonds is 4. The maximum absolute atomic E-state index is 11.5. The summed E-state index contributed by atoms with van der Waals surface area (Å²) in [6.45, 7) is 6.72. The molecule has 0 aromatic carbocycles. The summed E-state index contributed by atoms with van der Waals surface area (Å²) in [6, 6.07) is 0. The molecule has 0 amide bonds. The van der Waals surface area contributed by atoms with Crippen molar-refractivity contribution in [1.82, 2.24) is 0 Å². The van der Waals surface area contributed by atoms with Gasteiger partial charge in [-0.1, -0.05) is 20.8 Å². The lowest BCUT2D eigenvalue weighted by Gasteiger charge is -2.63. The van der Waals surface area contributed by atoms with E-state index in [0.29, 0.717) is 30.1 Å². The van der Waals surface area contributed by atoms with E-state index >= 15 is 0 Å². The van der Waals surface area contributed by atoms with Crippen LogP contribution in [0.1, 0.15) is 78.6 Å². The van der Waals surface area contributed by atoms with Gasteiger partial charge in [-0.3, -0.25) is 4.79 Å². The Hall–Kier alpha value is -0.650. The Morgan fingerprint density at radius 2 is 1.76 bits per heavy atom. The molecule has 0 spiro atoms. The van der Waals surface area contributed by atoms with Gasteiger partial charge in [0.15, 0.2) is 0 Å². The van der Waals surface area contributed by atoms with Crippen LogP contribution in [0.25, 0.3) is 0 Å². The number of hydrogen-bond donors (Lipinski definition) is 4. The molecule has 0 aromatic rings. The molecule has 4 saturated carbocycles. The molecule has 5 nitrogen and oxygen atoms in total. The highest BCUT2D eigenvalue weighted by Gasteiger charge is 2.65. The quantitative estimate of drug-likeness (QED) is 0.571. The van der Waals surface area contributed by atoms with Crippen molar-refractivity contribution in [3.05, 3.63) is 0 Å². The van der Waals surface area contributed by atoms with Crippen LogP contribution in [-0.2, 0) is 4.79 Å². The lowest BCUT2D eigenvalue weighted by atomic mass is 9.43. The summed E-state index contributed by atoms with van der Waals surface area (Å²) in [6.07, 6.45) is 6.00. The number of hydrogen-bond acceptors (Lipinski definition) is 4. The predicted molar refractivity (Wildman–Crippen MR) is 110 cm³/mol. The molecule has 0 unspecified atom stereocenters. The lowest BCUT2D eigenvalue weighted by molar-refractivity contribution is -0.207. The molecular formula is C24H40O5. The molecule has 0 heterocycles. The molecule has 4 rings (SSSR count). The van der Waals surface area contributed by atoms with Crippen molar-refractivity contribution in [2.24, 2.45) is 46.3 Å². The van der Waals surface area contributed by atoms with Crippen molar-refractivity contribution >= 4 is 5.97 Å². The van der Waals surface area contributed by atoms with Gasteiger partial charge < -0.3 is 20.4 Å². The molecule has 0 radical (unpaired) electrons. The van der Waals surface area contributed by atoms with Gasteiger partial charge in [-0.15, -0.1) is 0 Å². The predicted octanol–water partition coefficient (Wildman–Crippen LogP) is 3.45. The van der Waals surface area contributed by atoms with Gasteiger partial charge in [-0.2, -0.15) is 0 Å². The number of carbonyl (C=O) groups is 1. The van der Waals surface area contributed by atoms with Crippen LogP contribution < -0.4 is 0 Å². The summed E-state index contributed by atoms with van der Waals surface area (Å²) in [5.74, 6) is 0.997. The molecule has 0 saturated heterocycles. The molecule has 4 aliphatic carbocycles. The second-order valence-electron chi connectivity index (χ2n) is 11.4. The Bertz CT molecular complexity index is 637. The molecule has 11 atom stereocenters. The summed E-state index contributed by atoms with van der Waals surface area (Å²) < 4.78 is 0. The summed E-state index contributed by atoms with van der Waals surface area (Å²) in [5, 5.41) is 42.0. The van der Waals surface area contributed by atoms with Gasteiger partial charge >= 0.3 is 5.97 Å². The average Bonchev–Trinajstić information content (AvgIpc) is 3.01. The number of aliphatic hydroxyl groups excluding tert-OH is 3. The minimum Gasteiger partial charge on any atom is -0.481 e. The number of carboxylic acid groups (broad SMARTS) is 1. The second-order valence-corrected chi connectivity index (χ2v) is 11.4. The summed E-state index contributed by atoms with van der Waals surface area (Å²) in [4.78, 5) is 11.1. The largest absolute Gasteiger partial charge is 0.481 e. The van der Waals surface area contributed by atoms with Crippen LogP contribution in [0.3, 0.4) is 0 Å². The minimum absolute atomic E-state index is 0.0957. The third kappa shape index (κ3) is 3.27. The molecule has 0 aliphatic heterocycles. The first kappa shape index (κ1) is 21.6. The maximum atomic E-state index is 11.5. The zero-order chi connectivity index (χ0) is 21.1. The number of fused-ring (bicyclic) bond motifs is 5. The van der Waals surface area contributed by atoms with Crippen molar-refractivity contribution in [3.63, 3.8) is 0 Å². The van der Waals surface area contributed by atoms with Crippen LogP contribution in [0.4, 0.5) is 0 Å². The molecule has 29 heavy (non-hydrogen) atoms. The third-order valence-electron chi connectivity index (χ3n) is 10.3. The van der Waals surface area contributed by atoms with Gasteiger partial charge in [0.1, 0.15) is 0 Å². The van der Waals surface area contributed by atoms with Crippen LogP contribution in [-0.4, -0.2) is 44.7 Å². The van der Waals surface area contributed by atoms with Gasteiger partial charge in [0.25, 0.3) is 0 Å². The fourth-order valence-electron chi connectivity index (χ4n) is 8.68. The zero-order valence-corrected chi connectivity index (χ0v) is 18.3. The molecule has 0 bridgehead atoms. The first-order valence-electron chi connectivity index (χ1n) is 11.8. The van der Waals surface area contributed by atoms with E-state index in [1.807, 2.05) is 0 Å². The van der Waals surface area contributed by atoms with E-state index in [4.69, 9.17) is 5.11 Å². The number of carboxylic acids is 1. The van der Waals surface area contributed by atoms with Gasteiger partial charge in [0.05, 0.1) is 18.3 Å². The van der Waals surface area contributed by atoms with Crippen molar-refractivity contribution in [1.29, 1.82) is 0 Å². The summed E-state index contributed by atoms with van der Waals surface area (Å²) in [7, 11) is 0. The Morgan fingerprint density at radius 1 is 1.03 bits per heavy atom. The standard InChI is InChI=1S/C24H40O5/c1-13(4-7-21(28)29)16-5-6-17-22-18(12-20(27)24(16,17)3)23(2)9-8-15(25)10-14(23)11-19(22)26/h13-20,22,25-27H,4-12H2,1-3H3,(H,28,29)/t13-,14+,15-,16+,17-,18-,19+,20+,22-,23-,24+/m0/s1. The Morgan fingerprint density at radius 3 is 2.45 bits per heavy atom. The van der Waals surface area contributed by atoms with Crippen LogP contribution in [0.5, 0.6) is 0 Å². The van der Waals surface area contributed by atoms with E-state index in [1.165, 1.54) is 0 Å². The topological polar surface area (TPSA) is 98.0 Å².